The highest BCUT2D eigenvalue weighted by Crippen LogP contribution is 2.23. The number of carbonyl (C=O) groups excluding carboxylic acids is 3. The Bertz CT molecular complexity index is 762. The van der Waals surface area contributed by atoms with Crippen molar-refractivity contribution in [3.05, 3.63) is 65.2 Å². The van der Waals surface area contributed by atoms with E-state index in [1.54, 1.807) is 42.5 Å². The molecule has 5 nitrogen and oxygen atoms in total. The van der Waals surface area contributed by atoms with Crippen molar-refractivity contribution in [1.82, 2.24) is 0 Å². The molecular weight excluding hydrogens is 320 g/mol. The molecule has 0 spiro atoms. The van der Waals surface area contributed by atoms with E-state index in [9.17, 15) is 14.4 Å². The normalized spacial score (nSPS) is 10.4. The van der Waals surface area contributed by atoms with Crippen LogP contribution in [0.15, 0.2) is 48.5 Å². The van der Waals surface area contributed by atoms with Crippen LogP contribution < -0.4 is 4.74 Å². The summed E-state index contributed by atoms with van der Waals surface area (Å²) in [6, 6.07) is 12.9. The second kappa shape index (κ2) is 8.78. The molecule has 0 saturated carbocycles. The second-order valence-corrected chi connectivity index (χ2v) is 5.44. The fourth-order valence-corrected chi connectivity index (χ4v) is 2.40. The summed E-state index contributed by atoms with van der Waals surface area (Å²) in [6.07, 6.45) is 0.902. The molecule has 0 fully saturated rings. The van der Waals surface area contributed by atoms with Gasteiger partial charge in [0.2, 0.25) is 0 Å². The predicted octanol–water partition coefficient (Wildman–Crippen LogP) is 4.43. The topological polar surface area (TPSA) is 69.7 Å². The Labute approximate surface area is 146 Å². The van der Waals surface area contributed by atoms with Crippen molar-refractivity contribution in [2.75, 3.05) is 0 Å². The summed E-state index contributed by atoms with van der Waals surface area (Å²) in [5.41, 5.74) is 0.724. The van der Waals surface area contributed by atoms with E-state index < -0.39 is 11.9 Å². The Balaban J connectivity index is 2.27. The fourth-order valence-electron chi connectivity index (χ4n) is 2.40. The van der Waals surface area contributed by atoms with Gasteiger partial charge < -0.3 is 9.47 Å². The van der Waals surface area contributed by atoms with Gasteiger partial charge in [-0.05, 0) is 25.0 Å². The van der Waals surface area contributed by atoms with Crippen LogP contribution in [0, 0.1) is 0 Å². The molecule has 0 aliphatic rings. The molecule has 0 aliphatic carbocycles. The third-order valence-electron chi connectivity index (χ3n) is 3.83. The Kier molecular flexibility index (Phi) is 6.46. The smallest absolute Gasteiger partial charge is 0.431 e. The van der Waals surface area contributed by atoms with Crippen LogP contribution in [0.2, 0.25) is 0 Å². The number of rotatable bonds is 7. The van der Waals surface area contributed by atoms with Gasteiger partial charge in [0.25, 0.3) is 0 Å². The van der Waals surface area contributed by atoms with Gasteiger partial charge in [0, 0.05) is 11.1 Å². The highest BCUT2D eigenvalue weighted by molar-refractivity contribution is 6.14. The molecule has 2 aromatic rings. The van der Waals surface area contributed by atoms with Gasteiger partial charge in [-0.2, -0.15) is 0 Å². The monoisotopic (exact) mass is 340 g/mol. The highest BCUT2D eigenvalue weighted by Gasteiger charge is 2.20. The number of benzene rings is 2. The molecule has 0 aliphatic heterocycles. The Morgan fingerprint density at radius 1 is 0.960 bits per heavy atom. The first-order valence-electron chi connectivity index (χ1n) is 8.17. The lowest BCUT2D eigenvalue weighted by molar-refractivity contribution is 0.0547. The van der Waals surface area contributed by atoms with E-state index in [0.717, 1.165) is 0 Å². The quantitative estimate of drug-likeness (QED) is 0.323. The van der Waals surface area contributed by atoms with Crippen LogP contribution in [0.25, 0.3) is 0 Å². The molecule has 0 unspecified atom stereocenters. The molecule has 2 rings (SSSR count). The fraction of sp³-hybridized carbons (Fsp3) is 0.250. The van der Waals surface area contributed by atoms with E-state index in [0.29, 0.717) is 19.1 Å². The van der Waals surface area contributed by atoms with E-state index in [-0.39, 0.29) is 28.5 Å². The van der Waals surface area contributed by atoms with Crippen molar-refractivity contribution in [2.45, 2.75) is 32.8 Å². The average Bonchev–Trinajstić information content (AvgIpc) is 2.65. The van der Waals surface area contributed by atoms with Gasteiger partial charge in [-0.1, -0.05) is 50.2 Å². The SMILES string of the molecule is CCC(CC)OC(=O)Oc1ccccc1C(=O)c1ccccc1C=O. The van der Waals surface area contributed by atoms with Crippen molar-refractivity contribution in [3.63, 3.8) is 0 Å². The molecule has 25 heavy (non-hydrogen) atoms. The third-order valence-corrected chi connectivity index (χ3v) is 3.83. The van der Waals surface area contributed by atoms with Gasteiger partial charge in [-0.15, -0.1) is 0 Å². The van der Waals surface area contributed by atoms with Crippen molar-refractivity contribution < 1.29 is 23.9 Å². The van der Waals surface area contributed by atoms with Crippen LogP contribution in [-0.4, -0.2) is 24.3 Å². The minimum atomic E-state index is -0.849. The molecule has 0 aromatic heterocycles. The standard InChI is InChI=1S/C20H20O5/c1-3-15(4-2)24-20(23)25-18-12-8-7-11-17(18)19(22)16-10-6-5-9-14(16)13-21/h5-13,15H,3-4H2,1-2H3. The zero-order chi connectivity index (χ0) is 18.2. The number of ether oxygens (including phenoxy) is 2. The summed E-state index contributed by atoms with van der Waals surface area (Å²) < 4.78 is 10.4. The van der Waals surface area contributed by atoms with Crippen LogP contribution >= 0.6 is 0 Å². The Hall–Kier alpha value is -2.95. The number of para-hydroxylation sites is 1. The lowest BCUT2D eigenvalue weighted by atomic mass is 9.98. The van der Waals surface area contributed by atoms with Crippen molar-refractivity contribution >= 4 is 18.2 Å². The van der Waals surface area contributed by atoms with Crippen LogP contribution in [0.3, 0.4) is 0 Å². The maximum Gasteiger partial charge on any atom is 0.514 e. The van der Waals surface area contributed by atoms with Crippen molar-refractivity contribution in [1.29, 1.82) is 0 Å². The maximum absolute atomic E-state index is 12.8. The van der Waals surface area contributed by atoms with Crippen molar-refractivity contribution in [2.24, 2.45) is 0 Å². The molecule has 5 heteroatoms. The van der Waals surface area contributed by atoms with Gasteiger partial charge in [-0.3, -0.25) is 9.59 Å². The number of aldehydes is 1. The van der Waals surface area contributed by atoms with Gasteiger partial charge in [0.05, 0.1) is 5.56 Å². The summed E-state index contributed by atoms with van der Waals surface area (Å²) in [4.78, 5) is 35.9. The van der Waals surface area contributed by atoms with Crippen LogP contribution in [0.4, 0.5) is 4.79 Å². The van der Waals surface area contributed by atoms with E-state index in [1.807, 2.05) is 13.8 Å². The van der Waals surface area contributed by atoms with Gasteiger partial charge in [0.15, 0.2) is 12.1 Å². The molecule has 0 bridgehead atoms. The summed E-state index contributed by atoms with van der Waals surface area (Å²) >= 11 is 0. The zero-order valence-electron chi connectivity index (χ0n) is 14.2. The van der Waals surface area contributed by atoms with E-state index in [2.05, 4.69) is 0 Å². The first-order chi connectivity index (χ1) is 12.1. The third kappa shape index (κ3) is 4.53. The maximum atomic E-state index is 12.8. The summed E-state index contributed by atoms with van der Waals surface area (Å²) in [5.74, 6) is -0.294. The molecule has 0 radical (unpaired) electrons. The molecule has 0 saturated heterocycles. The lowest BCUT2D eigenvalue weighted by Gasteiger charge is -2.15. The van der Waals surface area contributed by atoms with Gasteiger partial charge >= 0.3 is 6.16 Å². The van der Waals surface area contributed by atoms with E-state index in [4.69, 9.17) is 9.47 Å². The molecule has 0 atom stereocenters. The Morgan fingerprint density at radius 2 is 1.56 bits per heavy atom. The first kappa shape index (κ1) is 18.4. The summed E-state index contributed by atoms with van der Waals surface area (Å²) in [7, 11) is 0. The highest BCUT2D eigenvalue weighted by atomic mass is 16.7. The molecule has 130 valence electrons. The average molecular weight is 340 g/mol. The van der Waals surface area contributed by atoms with Crippen molar-refractivity contribution in [3.8, 4) is 5.75 Å². The molecule has 0 heterocycles. The van der Waals surface area contributed by atoms with E-state index >= 15 is 0 Å². The predicted molar refractivity (Wildman–Crippen MR) is 93.2 cm³/mol. The lowest BCUT2D eigenvalue weighted by Crippen LogP contribution is -2.20. The number of hydrogen-bond donors (Lipinski definition) is 0. The molecule has 0 N–H and O–H groups in total. The number of hydrogen-bond acceptors (Lipinski definition) is 5. The van der Waals surface area contributed by atoms with E-state index in [1.165, 1.54) is 6.07 Å². The van der Waals surface area contributed by atoms with Gasteiger partial charge in [-0.25, -0.2) is 4.79 Å². The largest absolute Gasteiger partial charge is 0.514 e. The first-order valence-corrected chi connectivity index (χ1v) is 8.17. The number of ketones is 1. The molecule has 2 aromatic carbocycles. The summed E-state index contributed by atoms with van der Waals surface area (Å²) in [5, 5.41) is 0. The molecule has 0 amide bonds. The minimum Gasteiger partial charge on any atom is -0.431 e. The van der Waals surface area contributed by atoms with Crippen LogP contribution in [0.5, 0.6) is 5.75 Å². The van der Waals surface area contributed by atoms with Crippen LogP contribution in [-0.2, 0) is 4.74 Å². The zero-order valence-corrected chi connectivity index (χ0v) is 14.2. The molecular formula is C20H20O5. The second-order valence-electron chi connectivity index (χ2n) is 5.44. The Morgan fingerprint density at radius 3 is 2.20 bits per heavy atom. The number of carbonyl (C=O) groups is 3. The summed E-state index contributed by atoms with van der Waals surface area (Å²) in [6.45, 7) is 3.82. The van der Waals surface area contributed by atoms with Gasteiger partial charge in [0.1, 0.15) is 11.9 Å². The minimum absolute atomic E-state index is 0.101. The van der Waals surface area contributed by atoms with Crippen LogP contribution in [0.1, 0.15) is 53.0 Å².